The minimum Gasteiger partial charge on any atom is -0.507 e. The first kappa shape index (κ1) is 20.4. The van der Waals surface area contributed by atoms with Gasteiger partial charge in [-0.3, -0.25) is 14.5 Å². The molecule has 2 heterocycles. The summed E-state index contributed by atoms with van der Waals surface area (Å²) in [6.07, 6.45) is 0. The Labute approximate surface area is 191 Å². The van der Waals surface area contributed by atoms with E-state index in [-0.39, 0.29) is 16.5 Å². The van der Waals surface area contributed by atoms with E-state index in [2.05, 4.69) is 4.98 Å². The predicted octanol–water partition coefficient (Wildman–Crippen LogP) is 5.72. The van der Waals surface area contributed by atoms with Crippen LogP contribution in [-0.4, -0.2) is 21.8 Å². The third kappa shape index (κ3) is 3.36. The first-order valence-electron chi connectivity index (χ1n) is 9.62. The number of aliphatic hydroxyl groups excluding tert-OH is 1. The van der Waals surface area contributed by atoms with Crippen LogP contribution in [0.4, 0.5) is 9.52 Å². The van der Waals surface area contributed by atoms with E-state index < -0.39 is 23.5 Å². The quantitative estimate of drug-likeness (QED) is 0.239. The van der Waals surface area contributed by atoms with Crippen molar-refractivity contribution in [2.75, 3.05) is 4.90 Å². The van der Waals surface area contributed by atoms with Crippen LogP contribution in [0.5, 0.6) is 0 Å². The number of ketones is 1. The van der Waals surface area contributed by atoms with Crippen LogP contribution >= 0.6 is 22.9 Å². The molecular formula is C24H14ClFN2O3S. The van der Waals surface area contributed by atoms with Crippen LogP contribution in [0.3, 0.4) is 0 Å². The standard InChI is InChI=1S/C24H14ClFN2O3S/c25-15-8-6-14(7-9-15)21(29)19-20(13-4-2-1-3-5-13)28(23(31)22(19)30)24-27-17-11-10-16(26)12-18(17)32-24/h1-12,20,29H/t20-/m0/s1. The first-order chi connectivity index (χ1) is 15.4. The molecule has 158 valence electrons. The zero-order valence-electron chi connectivity index (χ0n) is 16.3. The topological polar surface area (TPSA) is 70.5 Å². The number of thiazole rings is 1. The number of carbonyl (C=O) groups excluding carboxylic acids is 2. The van der Waals surface area contributed by atoms with Gasteiger partial charge in [0.05, 0.1) is 21.8 Å². The van der Waals surface area contributed by atoms with Gasteiger partial charge in [0.25, 0.3) is 5.78 Å². The number of hydrogen-bond acceptors (Lipinski definition) is 5. The Morgan fingerprint density at radius 1 is 1.03 bits per heavy atom. The van der Waals surface area contributed by atoms with Crippen molar-refractivity contribution >= 4 is 55.7 Å². The molecule has 0 bridgehead atoms. The lowest BCUT2D eigenvalue weighted by Crippen LogP contribution is -2.29. The van der Waals surface area contributed by atoms with E-state index in [1.165, 1.54) is 23.1 Å². The number of halogens is 2. The maximum Gasteiger partial charge on any atom is 0.301 e. The van der Waals surface area contributed by atoms with Gasteiger partial charge >= 0.3 is 5.91 Å². The molecule has 1 aliphatic heterocycles. The summed E-state index contributed by atoms with van der Waals surface area (Å²) >= 11 is 7.05. The van der Waals surface area contributed by atoms with E-state index in [4.69, 9.17) is 11.6 Å². The summed E-state index contributed by atoms with van der Waals surface area (Å²) in [4.78, 5) is 32.0. The Bertz CT molecular complexity index is 1400. The lowest BCUT2D eigenvalue weighted by molar-refractivity contribution is -0.132. The van der Waals surface area contributed by atoms with Crippen LogP contribution in [0.1, 0.15) is 17.2 Å². The molecule has 1 atom stereocenters. The summed E-state index contributed by atoms with van der Waals surface area (Å²) in [5.41, 5.74) is 1.46. The van der Waals surface area contributed by atoms with Crippen molar-refractivity contribution in [3.05, 3.63) is 100 Å². The Hall–Kier alpha value is -3.55. The van der Waals surface area contributed by atoms with Gasteiger partial charge in [-0.25, -0.2) is 9.37 Å². The van der Waals surface area contributed by atoms with Crippen molar-refractivity contribution in [2.45, 2.75) is 6.04 Å². The predicted molar refractivity (Wildman–Crippen MR) is 122 cm³/mol. The summed E-state index contributed by atoms with van der Waals surface area (Å²) in [5.74, 6) is -2.36. The molecule has 5 rings (SSSR count). The molecule has 1 aromatic heterocycles. The molecule has 0 saturated carbocycles. The monoisotopic (exact) mass is 464 g/mol. The fraction of sp³-hybridized carbons (Fsp3) is 0.0417. The van der Waals surface area contributed by atoms with E-state index in [0.717, 1.165) is 11.3 Å². The normalized spacial score (nSPS) is 17.9. The molecule has 1 aliphatic rings. The molecule has 3 aromatic carbocycles. The fourth-order valence-electron chi connectivity index (χ4n) is 3.73. The molecule has 32 heavy (non-hydrogen) atoms. The zero-order chi connectivity index (χ0) is 22.4. The molecule has 0 spiro atoms. The van der Waals surface area contributed by atoms with Crippen molar-refractivity contribution in [3.63, 3.8) is 0 Å². The van der Waals surface area contributed by atoms with Gasteiger partial charge in [0.1, 0.15) is 11.6 Å². The Morgan fingerprint density at radius 3 is 2.47 bits per heavy atom. The largest absolute Gasteiger partial charge is 0.507 e. The van der Waals surface area contributed by atoms with Gasteiger partial charge in [0.2, 0.25) is 0 Å². The molecule has 1 N–H and O–H groups in total. The number of aromatic nitrogens is 1. The number of nitrogens with zero attached hydrogens (tertiary/aromatic N) is 2. The first-order valence-corrected chi connectivity index (χ1v) is 10.8. The van der Waals surface area contributed by atoms with E-state index in [1.54, 1.807) is 48.5 Å². The molecule has 0 unspecified atom stereocenters. The van der Waals surface area contributed by atoms with Gasteiger partial charge in [-0.1, -0.05) is 53.3 Å². The third-order valence-electron chi connectivity index (χ3n) is 5.22. The number of hydrogen-bond donors (Lipinski definition) is 1. The highest BCUT2D eigenvalue weighted by molar-refractivity contribution is 7.22. The van der Waals surface area contributed by atoms with Gasteiger partial charge in [0, 0.05) is 10.6 Å². The average Bonchev–Trinajstić information content (AvgIpc) is 3.32. The van der Waals surface area contributed by atoms with Crippen molar-refractivity contribution in [1.82, 2.24) is 4.98 Å². The van der Waals surface area contributed by atoms with Crippen molar-refractivity contribution in [2.24, 2.45) is 0 Å². The summed E-state index contributed by atoms with van der Waals surface area (Å²) in [6.45, 7) is 0. The Balaban J connectivity index is 1.72. The summed E-state index contributed by atoms with van der Waals surface area (Å²) < 4.78 is 14.2. The number of carbonyl (C=O) groups is 2. The van der Waals surface area contributed by atoms with Gasteiger partial charge < -0.3 is 5.11 Å². The molecule has 0 radical (unpaired) electrons. The van der Waals surface area contributed by atoms with Crippen LogP contribution in [0.2, 0.25) is 5.02 Å². The lowest BCUT2D eigenvalue weighted by Gasteiger charge is -2.22. The molecule has 8 heteroatoms. The number of fused-ring (bicyclic) bond motifs is 1. The molecule has 1 amide bonds. The van der Waals surface area contributed by atoms with E-state index >= 15 is 0 Å². The smallest absolute Gasteiger partial charge is 0.301 e. The summed E-state index contributed by atoms with van der Waals surface area (Å²) in [6, 6.07) is 18.5. The fourth-order valence-corrected chi connectivity index (χ4v) is 4.88. The SMILES string of the molecule is O=C1C(=O)N(c2nc3ccc(F)cc3s2)[C@@H](c2ccccc2)C1=C(O)c1ccc(Cl)cc1. The minimum absolute atomic E-state index is 0.0473. The van der Waals surface area contributed by atoms with Crippen LogP contribution in [-0.2, 0) is 9.59 Å². The highest BCUT2D eigenvalue weighted by atomic mass is 35.5. The van der Waals surface area contributed by atoms with Crippen LogP contribution in [0.15, 0.2) is 78.4 Å². The highest BCUT2D eigenvalue weighted by Gasteiger charge is 2.48. The number of rotatable bonds is 3. The molecule has 0 aliphatic carbocycles. The highest BCUT2D eigenvalue weighted by Crippen LogP contribution is 2.44. The summed E-state index contributed by atoms with van der Waals surface area (Å²) in [7, 11) is 0. The van der Waals surface area contributed by atoms with Crippen LogP contribution in [0, 0.1) is 5.82 Å². The molecule has 5 nitrogen and oxygen atoms in total. The van der Waals surface area contributed by atoms with Crippen molar-refractivity contribution < 1.29 is 19.1 Å². The maximum atomic E-state index is 13.7. The van der Waals surface area contributed by atoms with Crippen LogP contribution < -0.4 is 4.90 Å². The van der Waals surface area contributed by atoms with Crippen LogP contribution in [0.25, 0.3) is 16.0 Å². The zero-order valence-corrected chi connectivity index (χ0v) is 17.9. The second-order valence-corrected chi connectivity index (χ2v) is 8.64. The number of Topliss-reactive ketones (excluding diaryl/α,β-unsaturated/α-hetero) is 1. The number of benzene rings is 3. The van der Waals surface area contributed by atoms with Gasteiger partial charge in [-0.15, -0.1) is 0 Å². The van der Waals surface area contributed by atoms with Gasteiger partial charge in [-0.2, -0.15) is 0 Å². The van der Waals surface area contributed by atoms with Gasteiger partial charge in [0.15, 0.2) is 5.13 Å². The molecule has 1 saturated heterocycles. The average molecular weight is 465 g/mol. The van der Waals surface area contributed by atoms with E-state index in [0.29, 0.717) is 26.4 Å². The third-order valence-corrected chi connectivity index (χ3v) is 6.49. The Kier molecular flexibility index (Phi) is 5.00. The van der Waals surface area contributed by atoms with Crippen molar-refractivity contribution in [1.29, 1.82) is 0 Å². The second-order valence-electron chi connectivity index (χ2n) is 7.20. The summed E-state index contributed by atoms with van der Waals surface area (Å²) in [5, 5.41) is 11.8. The van der Waals surface area contributed by atoms with Gasteiger partial charge in [-0.05, 0) is 48.0 Å². The number of aliphatic hydroxyl groups is 1. The molecule has 4 aromatic rings. The Morgan fingerprint density at radius 2 is 1.75 bits per heavy atom. The van der Waals surface area contributed by atoms with Crippen molar-refractivity contribution in [3.8, 4) is 0 Å². The lowest BCUT2D eigenvalue weighted by atomic mass is 9.95. The molecule has 1 fully saturated rings. The second kappa shape index (κ2) is 7.85. The minimum atomic E-state index is -0.891. The van der Waals surface area contributed by atoms with E-state index in [9.17, 15) is 19.1 Å². The number of amides is 1. The van der Waals surface area contributed by atoms with E-state index in [1.807, 2.05) is 6.07 Å². The molecular weight excluding hydrogens is 451 g/mol. The maximum absolute atomic E-state index is 13.7. The number of anilines is 1.